The minimum atomic E-state index is -2.19. The molecule has 5 aliphatic rings. The van der Waals surface area contributed by atoms with Crippen molar-refractivity contribution in [3.63, 3.8) is 0 Å². The first kappa shape index (κ1) is 46.4. The topological polar surface area (TPSA) is 212 Å². The lowest BCUT2D eigenvalue weighted by Gasteiger charge is -2.68. The maximum absolute atomic E-state index is 14.4. The molecule has 0 aromatic heterocycles. The fourth-order valence-electron chi connectivity index (χ4n) is 10.4. The lowest BCUT2D eigenvalue weighted by atomic mass is 9.48. The lowest BCUT2D eigenvalue weighted by molar-refractivity contribution is -0.404. The molecular weight excluding hydrogens is 794 g/mol. The number of alkyl carbamates (subject to hydrolysis) is 1. The van der Waals surface area contributed by atoms with Crippen LogP contribution in [0, 0.1) is 23.2 Å². The zero-order chi connectivity index (χ0) is 45.2. The van der Waals surface area contributed by atoms with Gasteiger partial charge in [-0.1, -0.05) is 45.9 Å². The number of hydrogen-bond donors (Lipinski definition) is 3. The van der Waals surface area contributed by atoms with Gasteiger partial charge in [0.1, 0.15) is 35.6 Å². The van der Waals surface area contributed by atoms with E-state index >= 15 is 0 Å². The van der Waals surface area contributed by atoms with Gasteiger partial charge >= 0.3 is 30.0 Å². The summed E-state index contributed by atoms with van der Waals surface area (Å²) in [6.07, 6.45) is -9.35. The van der Waals surface area contributed by atoms with Crippen molar-refractivity contribution < 1.29 is 72.1 Å². The van der Waals surface area contributed by atoms with Gasteiger partial charge in [0, 0.05) is 38.0 Å². The molecule has 2 aliphatic heterocycles. The van der Waals surface area contributed by atoms with E-state index in [2.05, 4.69) is 5.32 Å². The molecule has 12 atom stereocenters. The van der Waals surface area contributed by atoms with Gasteiger partial charge < -0.3 is 53.4 Å². The highest BCUT2D eigenvalue weighted by molar-refractivity contribution is 5.89. The highest BCUT2D eigenvalue weighted by Gasteiger charge is 2.76. The molecule has 338 valence electrons. The summed E-state index contributed by atoms with van der Waals surface area (Å²) in [6.45, 7) is 19.7. The third-order valence-corrected chi connectivity index (χ3v) is 12.9. The number of nitrogens with one attached hydrogen (secondary N) is 1. The summed E-state index contributed by atoms with van der Waals surface area (Å²) in [5.41, 5.74) is -5.08. The average molecular weight is 858 g/mol. The first-order valence-corrected chi connectivity index (χ1v) is 21.1. The number of aliphatic hydroxyl groups excluding tert-OH is 1. The summed E-state index contributed by atoms with van der Waals surface area (Å²) in [7, 11) is 0. The number of fused-ring (bicyclic) bond motifs is 4. The van der Waals surface area contributed by atoms with Gasteiger partial charge in [0.15, 0.2) is 23.6 Å². The molecule has 1 amide bonds. The van der Waals surface area contributed by atoms with Crippen molar-refractivity contribution in [3.05, 3.63) is 47.0 Å². The van der Waals surface area contributed by atoms with Crippen LogP contribution in [-0.4, -0.2) is 118 Å². The summed E-state index contributed by atoms with van der Waals surface area (Å²) in [6, 6.07) is 7.08. The van der Waals surface area contributed by atoms with Crippen molar-refractivity contribution in [2.45, 2.75) is 174 Å². The Morgan fingerprint density at radius 1 is 0.951 bits per heavy atom. The van der Waals surface area contributed by atoms with Crippen LogP contribution >= 0.6 is 0 Å². The second-order valence-electron chi connectivity index (χ2n) is 19.7. The molecule has 3 N–H and O–H groups in total. The Bertz CT molecular complexity index is 1900. The van der Waals surface area contributed by atoms with E-state index in [0.717, 1.165) is 0 Å². The smallest absolute Gasteiger partial charge is 0.407 e. The van der Waals surface area contributed by atoms with E-state index in [-0.39, 0.29) is 30.9 Å². The molecule has 1 aromatic rings. The molecule has 1 unspecified atom stereocenters. The lowest BCUT2D eigenvalue weighted by Crippen LogP contribution is -2.81. The minimum Gasteiger partial charge on any atom is -0.456 e. The summed E-state index contributed by atoms with van der Waals surface area (Å²) < 4.78 is 50.1. The number of rotatable bonds is 10. The van der Waals surface area contributed by atoms with Gasteiger partial charge in [-0.15, -0.1) is 0 Å². The largest absolute Gasteiger partial charge is 0.456 e. The van der Waals surface area contributed by atoms with Crippen molar-refractivity contribution in [3.8, 4) is 0 Å². The molecule has 2 saturated carbocycles. The van der Waals surface area contributed by atoms with Gasteiger partial charge in [-0.3, -0.25) is 9.59 Å². The van der Waals surface area contributed by atoms with Gasteiger partial charge in [0.25, 0.3) is 0 Å². The highest BCUT2D eigenvalue weighted by Crippen LogP contribution is 2.64. The molecule has 2 bridgehead atoms. The summed E-state index contributed by atoms with van der Waals surface area (Å²) in [4.78, 5) is 67.8. The molecule has 16 nitrogen and oxygen atoms in total. The molecule has 6 rings (SSSR count). The number of ether oxygens (including phenoxy) is 8. The van der Waals surface area contributed by atoms with E-state index in [1.165, 1.54) is 13.8 Å². The van der Waals surface area contributed by atoms with Crippen molar-refractivity contribution in [2.24, 2.45) is 23.2 Å². The molecule has 2 saturated heterocycles. The quantitative estimate of drug-likeness (QED) is 0.165. The van der Waals surface area contributed by atoms with Crippen LogP contribution in [0.2, 0.25) is 0 Å². The highest BCUT2D eigenvalue weighted by atomic mass is 16.7. The third-order valence-electron chi connectivity index (χ3n) is 12.9. The summed E-state index contributed by atoms with van der Waals surface area (Å²) in [5, 5.41) is 28.0. The molecule has 4 fully saturated rings. The third kappa shape index (κ3) is 8.80. The van der Waals surface area contributed by atoms with E-state index in [4.69, 9.17) is 37.9 Å². The maximum atomic E-state index is 14.4. The van der Waals surface area contributed by atoms with E-state index in [9.17, 15) is 34.2 Å². The first-order valence-electron chi connectivity index (χ1n) is 21.1. The van der Waals surface area contributed by atoms with Gasteiger partial charge in [-0.05, 0) is 77.2 Å². The van der Waals surface area contributed by atoms with E-state index in [1.807, 2.05) is 13.8 Å². The Hall–Kier alpha value is -4.09. The predicted octanol–water partition coefficient (Wildman–Crippen LogP) is 4.70. The van der Waals surface area contributed by atoms with Gasteiger partial charge in [0.2, 0.25) is 0 Å². The Morgan fingerprint density at radius 3 is 2.16 bits per heavy atom. The number of amides is 1. The van der Waals surface area contributed by atoms with E-state index in [1.54, 1.807) is 85.7 Å². The van der Waals surface area contributed by atoms with Crippen LogP contribution < -0.4 is 5.32 Å². The normalized spacial score (nSPS) is 34.4. The molecule has 16 heteroatoms. The monoisotopic (exact) mass is 857 g/mol. The molecule has 2 heterocycles. The summed E-state index contributed by atoms with van der Waals surface area (Å²) in [5.74, 6) is -6.52. The van der Waals surface area contributed by atoms with Crippen molar-refractivity contribution in [2.75, 3.05) is 6.61 Å². The first-order chi connectivity index (χ1) is 28.2. The van der Waals surface area contributed by atoms with Crippen molar-refractivity contribution >= 4 is 30.0 Å². The molecule has 1 aromatic carbocycles. The van der Waals surface area contributed by atoms with Crippen LogP contribution in [0.4, 0.5) is 4.79 Å². The molecule has 3 aliphatic carbocycles. The fraction of sp³-hybridized carbons (Fsp3) is 0.711. The average Bonchev–Trinajstić information content (AvgIpc) is 3.12. The van der Waals surface area contributed by atoms with Crippen LogP contribution in [-0.2, 0) is 52.3 Å². The van der Waals surface area contributed by atoms with E-state index in [0.29, 0.717) is 11.1 Å². The van der Waals surface area contributed by atoms with Crippen LogP contribution in [0.3, 0.4) is 0 Å². The van der Waals surface area contributed by atoms with E-state index < -0.39 is 125 Å². The number of esters is 4. The van der Waals surface area contributed by atoms with Crippen LogP contribution in [0.15, 0.2) is 41.5 Å². The number of benzene rings is 1. The van der Waals surface area contributed by atoms with Gasteiger partial charge in [-0.25, -0.2) is 14.4 Å². The molecule has 61 heavy (non-hydrogen) atoms. The number of carbonyl (C=O) groups excluding carboxylic acids is 5. The summed E-state index contributed by atoms with van der Waals surface area (Å²) >= 11 is 0. The van der Waals surface area contributed by atoms with Crippen molar-refractivity contribution in [1.82, 2.24) is 5.32 Å². The van der Waals surface area contributed by atoms with Crippen LogP contribution in [0.1, 0.15) is 113 Å². The Kier molecular flexibility index (Phi) is 12.6. The minimum absolute atomic E-state index is 0.0848. The Balaban J connectivity index is 1.54. The number of aliphatic hydroxyl groups is 2. The molecular formula is C45H63NO15. The number of hydrogen-bond acceptors (Lipinski definition) is 15. The Morgan fingerprint density at radius 2 is 1.61 bits per heavy atom. The van der Waals surface area contributed by atoms with Gasteiger partial charge in [0.05, 0.1) is 30.2 Å². The second kappa shape index (κ2) is 16.6. The Labute approximate surface area is 357 Å². The van der Waals surface area contributed by atoms with Crippen LogP contribution in [0.25, 0.3) is 0 Å². The maximum Gasteiger partial charge on any atom is 0.407 e. The van der Waals surface area contributed by atoms with Crippen molar-refractivity contribution in [1.29, 1.82) is 0 Å². The SMILES string of the molecule is CC(=O)O[C@@H]1C2=C(C)[C@@H](OC(=O)[C@H](O)[C@H](CC(C)C)NC(=O)OC(C)(C)C)C[C@@](O)([C@@H](OC(=O)c3ccccc3)[C@H]3C4[C@H](C[C@H]5OC[C@@]35OC(C)=O)OC(C)(C)O[C@H]41)C2(C)C. The molecule has 0 spiro atoms. The zero-order valence-corrected chi connectivity index (χ0v) is 37.3. The second-order valence-corrected chi connectivity index (χ2v) is 19.7. The number of carbonyl (C=O) groups is 5. The molecule has 0 radical (unpaired) electrons. The predicted molar refractivity (Wildman–Crippen MR) is 215 cm³/mol. The standard InChI is InChI=1S/C45H63NO15/c1-22(2)18-27(46-40(52)61-41(6,7)8)34(49)39(51)56-29-20-45(53)37(57-38(50)26-16-14-13-15-17-26)33-31-28(19-30-44(33,21-54-30)58-25(5)48)59-43(11,12)60-35(31)36(55-24(4)47)32(23(29)3)42(45,9)10/h13-17,22,27-31,33-37,49,53H,18-21H2,1-12H3,(H,46,52)/t27-,28-,29-,30+,31?,33+,34+,35+,36+,37-,44-,45+/m0/s1. The van der Waals surface area contributed by atoms with Gasteiger partial charge in [-0.2, -0.15) is 0 Å². The zero-order valence-electron chi connectivity index (χ0n) is 37.3. The fourth-order valence-corrected chi connectivity index (χ4v) is 10.4. The van der Waals surface area contributed by atoms with Crippen LogP contribution in [0.5, 0.6) is 0 Å².